The number of amides is 1. The number of Topliss-reactive ketones (excluding diaryl/α,β-unsaturated/α-hetero) is 1. The maximum absolute atomic E-state index is 11.9. The van der Waals surface area contributed by atoms with Crippen LogP contribution in [0.25, 0.3) is 0 Å². The molecule has 1 atom stereocenters. The van der Waals surface area contributed by atoms with Crippen LogP contribution < -0.4 is 10.6 Å². The smallest absolute Gasteiger partial charge is 0.265 e. The van der Waals surface area contributed by atoms with Gasteiger partial charge in [-0.25, -0.2) is 0 Å². The van der Waals surface area contributed by atoms with Crippen molar-refractivity contribution in [1.29, 1.82) is 5.26 Å². The lowest BCUT2D eigenvalue weighted by atomic mass is 10.1. The summed E-state index contributed by atoms with van der Waals surface area (Å²) in [6, 6.07) is 2.01. The highest BCUT2D eigenvalue weighted by Gasteiger charge is 2.37. The van der Waals surface area contributed by atoms with Crippen LogP contribution in [0.1, 0.15) is 34.1 Å². The third-order valence-corrected chi connectivity index (χ3v) is 3.50. The third kappa shape index (κ3) is 3.50. The second-order valence-corrected chi connectivity index (χ2v) is 6.29. The van der Waals surface area contributed by atoms with Gasteiger partial charge in [0.25, 0.3) is 5.91 Å². The Morgan fingerprint density at radius 1 is 1.61 bits per heavy atom. The van der Waals surface area contributed by atoms with Crippen molar-refractivity contribution in [1.82, 2.24) is 10.6 Å². The van der Waals surface area contributed by atoms with Gasteiger partial charge < -0.3 is 10.6 Å². The fraction of sp³-hybridized carbons (Fsp3) is 0.583. The van der Waals surface area contributed by atoms with Crippen molar-refractivity contribution in [2.24, 2.45) is 0 Å². The molecule has 0 fully saturated rings. The Kier molecular flexibility index (Phi) is 4.41. The van der Waals surface area contributed by atoms with Gasteiger partial charge in [0.05, 0.1) is 9.90 Å². The molecule has 0 spiro atoms. The van der Waals surface area contributed by atoms with Crippen LogP contribution in [-0.4, -0.2) is 22.6 Å². The highest BCUT2D eigenvalue weighted by molar-refractivity contribution is 8.04. The van der Waals surface area contributed by atoms with E-state index in [0.29, 0.717) is 5.03 Å². The van der Waals surface area contributed by atoms with E-state index in [9.17, 15) is 9.59 Å². The molecule has 1 heterocycles. The molecule has 0 aromatic rings. The Morgan fingerprint density at radius 3 is 2.67 bits per heavy atom. The highest BCUT2D eigenvalue weighted by atomic mass is 32.2. The minimum Gasteiger partial charge on any atom is -0.376 e. The lowest BCUT2D eigenvalue weighted by Crippen LogP contribution is -2.49. The minimum atomic E-state index is -0.694. The van der Waals surface area contributed by atoms with Crippen LogP contribution in [0.15, 0.2) is 10.6 Å². The number of rotatable bonds is 4. The van der Waals surface area contributed by atoms with Crippen LogP contribution >= 0.6 is 11.8 Å². The molecule has 0 aromatic carbocycles. The SMILES string of the molecule is CC(=O)CC1(C)NC(=O)C(C#N)=C(NC(C)C)S1. The first-order chi connectivity index (χ1) is 8.27. The van der Waals surface area contributed by atoms with Gasteiger partial charge in [-0.3, -0.25) is 9.59 Å². The maximum atomic E-state index is 11.9. The minimum absolute atomic E-state index is 0.00500. The van der Waals surface area contributed by atoms with E-state index in [2.05, 4.69) is 10.6 Å². The number of hydrogen-bond donors (Lipinski definition) is 2. The molecule has 0 saturated carbocycles. The summed E-state index contributed by atoms with van der Waals surface area (Å²) in [7, 11) is 0. The quantitative estimate of drug-likeness (QED) is 0.801. The largest absolute Gasteiger partial charge is 0.376 e. The van der Waals surface area contributed by atoms with Gasteiger partial charge in [0, 0.05) is 12.5 Å². The summed E-state index contributed by atoms with van der Waals surface area (Å²) in [5, 5.41) is 15.4. The number of nitrogens with one attached hydrogen (secondary N) is 2. The van der Waals surface area contributed by atoms with Crippen molar-refractivity contribution in [2.75, 3.05) is 0 Å². The zero-order valence-corrected chi connectivity index (χ0v) is 11.8. The number of ketones is 1. The average molecular weight is 267 g/mol. The Hall–Kier alpha value is -1.48. The topological polar surface area (TPSA) is 82.0 Å². The molecule has 0 saturated heterocycles. The second-order valence-electron chi connectivity index (χ2n) is 4.78. The Balaban J connectivity index is 3.06. The molecule has 0 aromatic heterocycles. The van der Waals surface area contributed by atoms with Gasteiger partial charge in [-0.15, -0.1) is 0 Å². The fourth-order valence-corrected chi connectivity index (χ4v) is 3.13. The molecule has 1 amide bonds. The molecule has 0 aliphatic carbocycles. The molecule has 0 bridgehead atoms. The van der Waals surface area contributed by atoms with Crippen LogP contribution in [0, 0.1) is 11.3 Å². The van der Waals surface area contributed by atoms with Gasteiger partial charge in [0.1, 0.15) is 17.4 Å². The number of nitriles is 1. The maximum Gasteiger partial charge on any atom is 0.265 e. The summed E-state index contributed by atoms with van der Waals surface area (Å²) in [6.45, 7) is 7.12. The Labute approximate surface area is 111 Å². The van der Waals surface area contributed by atoms with Crippen LogP contribution in [0.5, 0.6) is 0 Å². The summed E-state index contributed by atoms with van der Waals surface area (Å²) in [5.41, 5.74) is 0.0785. The molecule has 98 valence electrons. The number of nitrogens with zero attached hydrogens (tertiary/aromatic N) is 1. The summed E-state index contributed by atoms with van der Waals surface area (Å²) in [4.78, 5) is 22.4. The third-order valence-electron chi connectivity index (χ3n) is 2.28. The molecule has 2 N–H and O–H groups in total. The molecule has 18 heavy (non-hydrogen) atoms. The number of thioether (sulfide) groups is 1. The van der Waals surface area contributed by atoms with Crippen molar-refractivity contribution < 1.29 is 9.59 Å². The molecular formula is C12H17N3O2S. The van der Waals surface area contributed by atoms with E-state index in [0.717, 1.165) is 0 Å². The van der Waals surface area contributed by atoms with Crippen molar-refractivity contribution in [3.63, 3.8) is 0 Å². The van der Waals surface area contributed by atoms with E-state index in [-0.39, 0.29) is 23.8 Å². The summed E-state index contributed by atoms with van der Waals surface area (Å²) in [6.07, 6.45) is 0.228. The first kappa shape index (κ1) is 14.6. The van der Waals surface area contributed by atoms with E-state index in [1.54, 1.807) is 6.92 Å². The summed E-state index contributed by atoms with van der Waals surface area (Å²) in [5.74, 6) is -0.433. The Bertz CT molecular complexity index is 451. The Morgan fingerprint density at radius 2 is 2.22 bits per heavy atom. The molecular weight excluding hydrogens is 250 g/mol. The van der Waals surface area contributed by atoms with Gasteiger partial charge in [0.2, 0.25) is 0 Å². The zero-order chi connectivity index (χ0) is 13.9. The van der Waals surface area contributed by atoms with Crippen LogP contribution in [0.3, 0.4) is 0 Å². The lowest BCUT2D eigenvalue weighted by molar-refractivity contribution is -0.119. The molecule has 0 radical (unpaired) electrons. The van der Waals surface area contributed by atoms with E-state index in [1.807, 2.05) is 19.9 Å². The zero-order valence-electron chi connectivity index (χ0n) is 11.0. The fourth-order valence-electron chi connectivity index (χ4n) is 1.73. The number of hydrogen-bond acceptors (Lipinski definition) is 5. The summed E-state index contributed by atoms with van der Waals surface area (Å²) < 4.78 is 0. The molecule has 1 aliphatic rings. The van der Waals surface area contributed by atoms with E-state index >= 15 is 0 Å². The van der Waals surface area contributed by atoms with E-state index in [4.69, 9.17) is 5.26 Å². The molecule has 6 heteroatoms. The van der Waals surface area contributed by atoms with Crippen LogP contribution in [0.4, 0.5) is 0 Å². The first-order valence-electron chi connectivity index (χ1n) is 5.69. The standard InChI is InChI=1S/C12H17N3O2S/c1-7(2)14-11-9(6-13)10(17)15-12(4,18-11)5-8(3)16/h7,14H,5H2,1-4H3,(H,15,17). The molecule has 1 aliphatic heterocycles. The summed E-state index contributed by atoms with van der Waals surface area (Å²) >= 11 is 1.32. The highest BCUT2D eigenvalue weighted by Crippen LogP contribution is 2.37. The van der Waals surface area contributed by atoms with Gasteiger partial charge in [-0.1, -0.05) is 11.8 Å². The normalized spacial score (nSPS) is 23.7. The second kappa shape index (κ2) is 5.44. The molecule has 1 rings (SSSR count). The van der Waals surface area contributed by atoms with Gasteiger partial charge in [-0.2, -0.15) is 5.26 Å². The van der Waals surface area contributed by atoms with Crippen LogP contribution in [0.2, 0.25) is 0 Å². The van der Waals surface area contributed by atoms with Crippen molar-refractivity contribution in [2.45, 2.75) is 45.0 Å². The predicted octanol–water partition coefficient (Wildman–Crippen LogP) is 1.28. The monoisotopic (exact) mass is 267 g/mol. The van der Waals surface area contributed by atoms with E-state index < -0.39 is 10.8 Å². The van der Waals surface area contributed by atoms with E-state index in [1.165, 1.54) is 18.7 Å². The van der Waals surface area contributed by atoms with Gasteiger partial charge >= 0.3 is 0 Å². The number of carbonyl (C=O) groups is 2. The van der Waals surface area contributed by atoms with Gasteiger partial charge in [-0.05, 0) is 27.7 Å². The first-order valence-corrected chi connectivity index (χ1v) is 6.51. The number of carbonyl (C=O) groups excluding carboxylic acids is 2. The predicted molar refractivity (Wildman–Crippen MR) is 70.3 cm³/mol. The van der Waals surface area contributed by atoms with Crippen molar-refractivity contribution >= 4 is 23.5 Å². The molecule has 5 nitrogen and oxygen atoms in total. The van der Waals surface area contributed by atoms with Crippen molar-refractivity contribution in [3.8, 4) is 6.07 Å². The van der Waals surface area contributed by atoms with Crippen LogP contribution in [-0.2, 0) is 9.59 Å². The van der Waals surface area contributed by atoms with Crippen molar-refractivity contribution in [3.05, 3.63) is 10.6 Å². The lowest BCUT2D eigenvalue weighted by Gasteiger charge is -2.35. The average Bonchev–Trinajstić information content (AvgIpc) is 2.13. The van der Waals surface area contributed by atoms with Gasteiger partial charge in [0.15, 0.2) is 0 Å². The molecule has 1 unspecified atom stereocenters.